The molecule has 1 unspecified atom stereocenters. The number of hydrogen-bond donors (Lipinski definition) is 8. The van der Waals surface area contributed by atoms with Gasteiger partial charge in [-0.3, -0.25) is 43.3 Å². The number of unbranched alkanes of at least 4 members (excludes halogenated alkanes) is 2. The third-order valence-electron chi connectivity index (χ3n) is 18.4. The number of nitrogens with one attached hydrogen (secondary N) is 3. The molecule has 0 saturated carbocycles. The highest BCUT2D eigenvalue weighted by Gasteiger charge is 2.50. The summed E-state index contributed by atoms with van der Waals surface area (Å²) in [7, 11) is -3.38. The molecule has 5 aliphatic rings. The maximum absolute atomic E-state index is 14.9. The number of nitrogens with zero attached hydrogens (tertiary/aromatic N) is 4. The number of hydrogen-bond acceptors (Lipinski definition) is 20. The second-order valence-electron chi connectivity index (χ2n) is 25.7. The predicted octanol–water partition coefficient (Wildman–Crippen LogP) is 6.29. The normalized spacial score (nSPS) is 26.2. The molecule has 7 rings (SSSR count). The topological polar surface area (TPSA) is 368 Å². The van der Waals surface area contributed by atoms with Gasteiger partial charge in [-0.25, -0.2) is 4.79 Å². The maximum atomic E-state index is 14.9. The molecule has 2 aromatic rings. The van der Waals surface area contributed by atoms with E-state index >= 15 is 0 Å². The Labute approximate surface area is 536 Å². The van der Waals surface area contributed by atoms with Crippen LogP contribution in [0.5, 0.6) is 17.2 Å². The van der Waals surface area contributed by atoms with Crippen LogP contribution in [-0.2, 0) is 52.3 Å². The van der Waals surface area contributed by atoms with Crippen molar-refractivity contribution >= 4 is 71.9 Å². The summed E-state index contributed by atoms with van der Waals surface area (Å²) < 4.78 is 40.2. The molecule has 5 aliphatic heterocycles. The molecular formula is C65H94N7O19P. The van der Waals surface area contributed by atoms with E-state index < -0.39 is 127 Å². The number of Topliss-reactive ketones (excluding diaryl/α,β-unsaturated/α-hetero) is 1. The van der Waals surface area contributed by atoms with E-state index in [2.05, 4.69) is 34.7 Å². The number of aliphatic hydroxyl groups is 1. The fourth-order valence-electron chi connectivity index (χ4n) is 12.1. The molecule has 92 heavy (non-hydrogen) atoms. The molecule has 1 saturated heterocycles. The Morgan fingerprint density at radius 1 is 0.891 bits per heavy atom. The number of aliphatic hydroxyl groups excluding tert-OH is 1. The second kappa shape index (κ2) is 31.6. The summed E-state index contributed by atoms with van der Waals surface area (Å²) in [5.41, 5.74) is -2.41. The van der Waals surface area contributed by atoms with Crippen LogP contribution in [0.1, 0.15) is 150 Å². The van der Waals surface area contributed by atoms with Crippen molar-refractivity contribution in [1.82, 2.24) is 20.4 Å². The number of ether oxygens (including phenoxy) is 5. The number of phenolic OH excluding ortho intramolecular Hbond substituents is 2. The fourth-order valence-corrected chi connectivity index (χ4v) is 12.8. The highest BCUT2D eigenvalue weighted by atomic mass is 31.2. The van der Waals surface area contributed by atoms with E-state index in [0.717, 1.165) is 11.4 Å². The summed E-state index contributed by atoms with van der Waals surface area (Å²) in [6.45, 7) is 22.7. The number of carbonyl (C=O) groups excluding carboxylic acids is 8. The summed E-state index contributed by atoms with van der Waals surface area (Å²) >= 11 is 0. The van der Waals surface area contributed by atoms with Gasteiger partial charge < -0.3 is 79.3 Å². The highest BCUT2D eigenvalue weighted by Crippen LogP contribution is 2.50. The van der Waals surface area contributed by atoms with Crippen molar-refractivity contribution in [2.75, 3.05) is 51.9 Å². The van der Waals surface area contributed by atoms with Gasteiger partial charge >= 0.3 is 31.4 Å². The molecule has 1 fully saturated rings. The molecule has 0 radical (unpaired) electrons. The number of ketones is 1. The Morgan fingerprint density at radius 3 is 2.21 bits per heavy atom. The number of anilines is 1. The maximum Gasteiger partial charge on any atom is 0.410 e. The standard InChI is InChI=1S/C65H94N7O19P/c1-14-47(75)87-34-88-63(83)67-45(21-16-15-17-27-66-46(74)23-22-44(33-73)92(84,85)86)62(82)71(13)32-48(76)90-58-37(5)19-18-20-38(6)61(81)68-54-53-52(69-65(70-53)25-28-72(29-26-65)31-35(2)3)49-50(57(54)79)56(78)43(11)59-51(49)60(80)64(12,91-59)89-30-24-36(4)39(7)40(8)41(9)55(77)42(58)10/h18-20,24,30,33,35-37,39-42,44-45,55,58,77-79H,14-17,21-23,25-29,31-32,34H2,1-13H3,(H,66,74)(H,67,83)(H,68,81)(H2,84,85,86)/b19-18+,30-24+,38-20-/t36-,37-,39+,40+,41-,42-,44?,45-,55-,58-,64-/m0/s1. The molecule has 5 heterocycles. The minimum Gasteiger partial charge on any atom is -0.507 e. The molecule has 2 aromatic carbocycles. The molecule has 508 valence electrons. The minimum absolute atomic E-state index is 0.0134. The Hall–Kier alpha value is -7.25. The van der Waals surface area contributed by atoms with Crippen LogP contribution in [0.3, 0.4) is 0 Å². The third kappa shape index (κ3) is 17.7. The molecule has 1 spiro atoms. The van der Waals surface area contributed by atoms with Crippen LogP contribution in [0.25, 0.3) is 10.8 Å². The molecule has 4 amide bonds. The van der Waals surface area contributed by atoms with Gasteiger partial charge in [0.15, 0.2) is 11.4 Å². The number of alkyl carbamates (subject to hydrolysis) is 1. The molecule has 27 heteroatoms. The summed E-state index contributed by atoms with van der Waals surface area (Å²) in [6.07, 6.45) is 6.35. The number of likely N-dealkylation sites (N-methyl/N-ethyl adjacent to an activating group) is 1. The van der Waals surface area contributed by atoms with Crippen LogP contribution in [0, 0.1) is 48.3 Å². The van der Waals surface area contributed by atoms with Crippen molar-refractivity contribution in [2.45, 2.75) is 176 Å². The number of fused-ring (bicyclic) bond motifs is 13. The van der Waals surface area contributed by atoms with E-state index in [4.69, 9.17) is 33.7 Å². The van der Waals surface area contributed by atoms with E-state index in [1.54, 1.807) is 52.8 Å². The van der Waals surface area contributed by atoms with Crippen LogP contribution in [0.2, 0.25) is 0 Å². The van der Waals surface area contributed by atoms with Gasteiger partial charge in [-0.05, 0) is 68.8 Å². The molecule has 26 nitrogen and oxygen atoms in total. The summed E-state index contributed by atoms with van der Waals surface area (Å²) in [6, 6.07) is -1.28. The SMILES string of the molecule is CCC(=O)OCOC(=O)N[C@@H](CCCCCNC(=O)CCC(C=O)P(=O)(O)O)C(=O)N(C)CC(=O)O[C@@H]1[C@@H](C)[C@@H](O)[C@@H](C)[C@H](C)[C@H](C)[C@@H](C)/C=C/O[C@@]2(C)Oc3c(C)c(O)c4c(O)c(c5c(c4c3C2=O)=NC2(CCN(CC(C)C)CC2)N=5)NC(=O)/C(C)=C\C=C\[C@@H]1C. The van der Waals surface area contributed by atoms with Crippen LogP contribution in [0.15, 0.2) is 46.1 Å². The quantitative estimate of drug-likeness (QED) is 0.0170. The number of aldehydes is 1. The van der Waals surface area contributed by atoms with E-state index in [1.165, 1.54) is 26.3 Å². The van der Waals surface area contributed by atoms with E-state index in [1.807, 2.05) is 27.7 Å². The monoisotopic (exact) mass is 1310 g/mol. The van der Waals surface area contributed by atoms with Crippen molar-refractivity contribution in [3.8, 4) is 17.2 Å². The number of amides is 4. The number of benzene rings is 2. The zero-order chi connectivity index (χ0) is 68.3. The number of carbonyl (C=O) groups is 8. The molecule has 5 bridgehead atoms. The Kier molecular flexibility index (Phi) is 25.3. The van der Waals surface area contributed by atoms with Crippen molar-refractivity contribution in [3.05, 3.63) is 58.0 Å². The second-order valence-corrected chi connectivity index (χ2v) is 27.5. The molecule has 11 atom stereocenters. The average molecular weight is 1310 g/mol. The van der Waals surface area contributed by atoms with Crippen molar-refractivity contribution < 1.29 is 91.7 Å². The van der Waals surface area contributed by atoms with Crippen LogP contribution < -0.4 is 31.4 Å². The van der Waals surface area contributed by atoms with Gasteiger partial charge in [0.1, 0.15) is 53.2 Å². The lowest BCUT2D eigenvalue weighted by atomic mass is 9.72. The predicted molar refractivity (Wildman–Crippen MR) is 338 cm³/mol. The highest BCUT2D eigenvalue weighted by molar-refractivity contribution is 7.53. The van der Waals surface area contributed by atoms with Gasteiger partial charge in [0.2, 0.25) is 18.6 Å². The molecule has 8 N–H and O–H groups in total. The first-order valence-electron chi connectivity index (χ1n) is 31.7. The number of phenols is 2. The molecular weight excluding hydrogens is 1210 g/mol. The minimum atomic E-state index is -4.71. The van der Waals surface area contributed by atoms with Gasteiger partial charge in [-0.2, -0.15) is 0 Å². The third-order valence-corrected chi connectivity index (χ3v) is 19.6. The first kappa shape index (κ1) is 73.8. The largest absolute Gasteiger partial charge is 0.507 e. The zero-order valence-electron chi connectivity index (χ0n) is 55.1. The Balaban J connectivity index is 1.29. The van der Waals surface area contributed by atoms with Gasteiger partial charge in [0.25, 0.3) is 11.7 Å². The number of allylic oxidation sites excluding steroid dienone is 3. The van der Waals surface area contributed by atoms with E-state index in [-0.39, 0.29) is 106 Å². The molecule has 0 aromatic heterocycles. The van der Waals surface area contributed by atoms with E-state index in [9.17, 15) is 68.0 Å². The van der Waals surface area contributed by atoms with Crippen LogP contribution >= 0.6 is 7.60 Å². The van der Waals surface area contributed by atoms with Crippen LogP contribution in [0.4, 0.5) is 10.5 Å². The van der Waals surface area contributed by atoms with Gasteiger partial charge in [-0.1, -0.05) is 93.4 Å². The number of aromatic hydroxyl groups is 2. The zero-order valence-corrected chi connectivity index (χ0v) is 56.0. The lowest BCUT2D eigenvalue weighted by Crippen LogP contribution is -2.49. The van der Waals surface area contributed by atoms with Gasteiger partial charge in [0.05, 0.1) is 28.7 Å². The number of piperidine rings is 1. The number of esters is 2. The number of rotatable bonds is 21. The van der Waals surface area contributed by atoms with E-state index in [0.29, 0.717) is 51.1 Å². The number of likely N-dealkylation sites (tertiary alicyclic amines) is 1. The Bertz CT molecular complexity index is 3370. The first-order chi connectivity index (χ1) is 43.2. The Morgan fingerprint density at radius 2 is 1.57 bits per heavy atom. The lowest BCUT2D eigenvalue weighted by Gasteiger charge is -2.38. The van der Waals surface area contributed by atoms with Crippen molar-refractivity contribution in [3.63, 3.8) is 0 Å². The fraction of sp³-hybridized carbons (Fsp3) is 0.631. The summed E-state index contributed by atoms with van der Waals surface area (Å²) in [4.78, 5) is 138. The smallest absolute Gasteiger partial charge is 0.410 e. The lowest BCUT2D eigenvalue weighted by molar-refractivity contribution is -0.161. The summed E-state index contributed by atoms with van der Waals surface area (Å²) in [5.74, 6) is -8.78. The average Bonchev–Trinajstić information content (AvgIpc) is 1.50. The molecule has 0 aliphatic carbocycles. The van der Waals surface area contributed by atoms with Crippen LogP contribution in [-0.4, -0.2) is 165 Å². The van der Waals surface area contributed by atoms with Gasteiger partial charge in [0, 0.05) is 94.2 Å². The first-order valence-corrected chi connectivity index (χ1v) is 33.4. The van der Waals surface area contributed by atoms with Gasteiger partial charge in [-0.15, -0.1) is 0 Å². The van der Waals surface area contributed by atoms with Crippen molar-refractivity contribution in [2.24, 2.45) is 51.4 Å². The van der Waals surface area contributed by atoms with Crippen molar-refractivity contribution in [1.29, 1.82) is 0 Å². The summed E-state index contributed by atoms with van der Waals surface area (Å²) in [5, 5.41) is 44.9.